The molecule has 0 amide bonds. The number of unbranched alkanes of at least 4 members (excludes halogenated alkanes) is 2. The number of carbonyl (C=O) groups is 3. The molecule has 23 heavy (non-hydrogen) atoms. The monoisotopic (exact) mass is 320 g/mol. The molecule has 4 heteroatoms. The zero-order valence-corrected chi connectivity index (χ0v) is 14.0. The van der Waals surface area contributed by atoms with Gasteiger partial charge in [-0.3, -0.25) is 14.4 Å². The van der Waals surface area contributed by atoms with Crippen LogP contribution in [0.4, 0.5) is 0 Å². The van der Waals surface area contributed by atoms with E-state index in [9.17, 15) is 14.4 Å². The summed E-state index contributed by atoms with van der Waals surface area (Å²) in [4.78, 5) is 33.9. The first kappa shape index (κ1) is 19.3. The predicted octanol–water partition coefficient (Wildman–Crippen LogP) is 4.10. The predicted molar refractivity (Wildman–Crippen MR) is 90.1 cm³/mol. The highest BCUT2D eigenvalue weighted by Gasteiger charge is 2.31. The quantitative estimate of drug-likeness (QED) is 0.353. The summed E-state index contributed by atoms with van der Waals surface area (Å²) in [5.41, 5.74) is 0. The molecule has 0 radical (unpaired) electrons. The average Bonchev–Trinajstić information content (AvgIpc) is 2.85. The van der Waals surface area contributed by atoms with Gasteiger partial charge in [-0.1, -0.05) is 25.2 Å². The van der Waals surface area contributed by atoms with Gasteiger partial charge in [0.1, 0.15) is 5.78 Å². The average molecular weight is 320 g/mol. The zero-order valence-electron chi connectivity index (χ0n) is 14.0. The molecule has 2 unspecified atom stereocenters. The van der Waals surface area contributed by atoms with Gasteiger partial charge in [-0.25, -0.2) is 0 Å². The largest absolute Gasteiger partial charge is 0.481 e. The van der Waals surface area contributed by atoms with Crippen molar-refractivity contribution in [2.75, 3.05) is 0 Å². The summed E-state index contributed by atoms with van der Waals surface area (Å²) in [6.07, 6.45) is 13.8. The Morgan fingerprint density at radius 2 is 2.00 bits per heavy atom. The summed E-state index contributed by atoms with van der Waals surface area (Å²) in [7, 11) is 0. The molecule has 4 nitrogen and oxygen atoms in total. The highest BCUT2D eigenvalue weighted by molar-refractivity contribution is 5.90. The Bertz CT molecular complexity index is 462. The van der Waals surface area contributed by atoms with Crippen LogP contribution in [0.3, 0.4) is 0 Å². The van der Waals surface area contributed by atoms with Crippen molar-refractivity contribution in [3.63, 3.8) is 0 Å². The van der Waals surface area contributed by atoms with Gasteiger partial charge in [0.05, 0.1) is 0 Å². The number of rotatable bonds is 11. The Morgan fingerprint density at radius 1 is 1.22 bits per heavy atom. The smallest absolute Gasteiger partial charge is 0.303 e. The Balaban J connectivity index is 2.35. The van der Waals surface area contributed by atoms with Crippen molar-refractivity contribution in [1.29, 1.82) is 0 Å². The van der Waals surface area contributed by atoms with E-state index in [-0.39, 0.29) is 29.8 Å². The molecule has 2 atom stereocenters. The van der Waals surface area contributed by atoms with Crippen LogP contribution in [0.2, 0.25) is 0 Å². The van der Waals surface area contributed by atoms with E-state index in [0.717, 1.165) is 32.1 Å². The Labute approximate surface area is 138 Å². The molecule has 1 saturated carbocycles. The van der Waals surface area contributed by atoms with Gasteiger partial charge in [-0.15, -0.1) is 0 Å². The molecular formula is C19H28O4. The summed E-state index contributed by atoms with van der Waals surface area (Å²) >= 11 is 0. The van der Waals surface area contributed by atoms with Gasteiger partial charge in [-0.2, -0.15) is 0 Å². The number of carboxylic acid groups (broad SMARTS) is 1. The van der Waals surface area contributed by atoms with Gasteiger partial charge in [0.2, 0.25) is 0 Å². The minimum atomic E-state index is -0.752. The van der Waals surface area contributed by atoms with Gasteiger partial charge in [-0.05, 0) is 50.5 Å². The number of carbonyl (C=O) groups excluding carboxylic acids is 2. The number of ketones is 2. The van der Waals surface area contributed by atoms with Gasteiger partial charge in [0.15, 0.2) is 5.78 Å². The second-order valence-corrected chi connectivity index (χ2v) is 6.20. The lowest BCUT2D eigenvalue weighted by molar-refractivity contribution is -0.137. The lowest BCUT2D eigenvalue weighted by Crippen LogP contribution is -2.12. The van der Waals surface area contributed by atoms with Crippen LogP contribution >= 0.6 is 0 Å². The van der Waals surface area contributed by atoms with Crippen LogP contribution in [0.25, 0.3) is 0 Å². The fraction of sp³-hybridized carbons (Fsp3) is 0.632. The summed E-state index contributed by atoms with van der Waals surface area (Å²) in [6.45, 7) is 1.98. The maximum atomic E-state index is 12.0. The molecule has 1 fully saturated rings. The number of hydrogen-bond acceptors (Lipinski definition) is 3. The second-order valence-electron chi connectivity index (χ2n) is 6.20. The van der Waals surface area contributed by atoms with Crippen molar-refractivity contribution in [1.82, 2.24) is 0 Å². The van der Waals surface area contributed by atoms with E-state index >= 15 is 0 Å². The standard InChI is InChI=1S/C19H28O4/c1-2-8-16(20)13-11-15-12-14-18(21)17(15)9-6-4-3-5-7-10-19(22)23/h4,6,11,13,15,17H,2-3,5,7-10,12,14H2,1H3,(H,22,23). The molecule has 0 bridgehead atoms. The molecule has 0 heterocycles. The maximum absolute atomic E-state index is 12.0. The van der Waals surface area contributed by atoms with Crippen molar-refractivity contribution >= 4 is 17.5 Å². The normalized spacial score (nSPS) is 21.5. The van der Waals surface area contributed by atoms with Crippen molar-refractivity contribution < 1.29 is 19.5 Å². The van der Waals surface area contributed by atoms with E-state index in [1.807, 2.05) is 25.2 Å². The SMILES string of the molecule is CCCC(=O)C=CC1CCC(=O)C1CC=CCCCCC(=O)O. The van der Waals surface area contributed by atoms with E-state index in [1.54, 1.807) is 6.08 Å². The molecule has 0 aromatic carbocycles. The summed E-state index contributed by atoms with van der Waals surface area (Å²) in [6, 6.07) is 0. The zero-order chi connectivity index (χ0) is 17.1. The van der Waals surface area contributed by atoms with E-state index in [4.69, 9.17) is 5.11 Å². The van der Waals surface area contributed by atoms with E-state index in [1.165, 1.54) is 0 Å². The van der Waals surface area contributed by atoms with Crippen LogP contribution in [-0.2, 0) is 14.4 Å². The lowest BCUT2D eigenvalue weighted by Gasteiger charge is -2.12. The molecule has 1 rings (SSSR count). The third-order valence-electron chi connectivity index (χ3n) is 4.25. The van der Waals surface area contributed by atoms with Gasteiger partial charge in [0.25, 0.3) is 0 Å². The highest BCUT2D eigenvalue weighted by atomic mass is 16.4. The van der Waals surface area contributed by atoms with Gasteiger partial charge in [0, 0.05) is 25.2 Å². The molecule has 0 aliphatic heterocycles. The van der Waals surface area contributed by atoms with Crippen LogP contribution in [-0.4, -0.2) is 22.6 Å². The van der Waals surface area contributed by atoms with E-state index in [2.05, 4.69) is 0 Å². The molecular weight excluding hydrogens is 292 g/mol. The lowest BCUT2D eigenvalue weighted by atomic mass is 9.91. The fourth-order valence-corrected chi connectivity index (χ4v) is 2.93. The second kappa shape index (κ2) is 10.9. The summed E-state index contributed by atoms with van der Waals surface area (Å²) < 4.78 is 0. The first-order valence-electron chi connectivity index (χ1n) is 8.65. The molecule has 1 aliphatic rings. The highest BCUT2D eigenvalue weighted by Crippen LogP contribution is 2.32. The Morgan fingerprint density at radius 3 is 2.70 bits per heavy atom. The molecule has 1 aliphatic carbocycles. The summed E-state index contributed by atoms with van der Waals surface area (Å²) in [5, 5.41) is 8.56. The number of aliphatic carboxylic acids is 1. The third-order valence-corrected chi connectivity index (χ3v) is 4.25. The third kappa shape index (κ3) is 7.91. The Hall–Kier alpha value is -1.71. The number of allylic oxidation sites excluding steroid dienone is 4. The van der Waals surface area contributed by atoms with Crippen LogP contribution in [0.5, 0.6) is 0 Å². The first-order valence-corrected chi connectivity index (χ1v) is 8.65. The molecule has 0 spiro atoms. The Kier molecular flexibility index (Phi) is 9.18. The van der Waals surface area contributed by atoms with Crippen LogP contribution in [0.1, 0.15) is 64.7 Å². The van der Waals surface area contributed by atoms with Crippen LogP contribution in [0, 0.1) is 11.8 Å². The maximum Gasteiger partial charge on any atom is 0.303 e. The van der Waals surface area contributed by atoms with Gasteiger partial charge >= 0.3 is 5.97 Å². The molecule has 0 saturated heterocycles. The van der Waals surface area contributed by atoms with Crippen LogP contribution < -0.4 is 0 Å². The van der Waals surface area contributed by atoms with Crippen molar-refractivity contribution in [3.8, 4) is 0 Å². The molecule has 128 valence electrons. The minimum Gasteiger partial charge on any atom is -0.481 e. The van der Waals surface area contributed by atoms with Crippen molar-refractivity contribution in [2.24, 2.45) is 11.8 Å². The van der Waals surface area contributed by atoms with E-state index in [0.29, 0.717) is 19.3 Å². The fourth-order valence-electron chi connectivity index (χ4n) is 2.93. The minimum absolute atomic E-state index is 0.00375. The number of hydrogen-bond donors (Lipinski definition) is 1. The topological polar surface area (TPSA) is 71.4 Å². The van der Waals surface area contributed by atoms with Crippen molar-refractivity contribution in [3.05, 3.63) is 24.3 Å². The number of Topliss-reactive ketones (excluding diaryl/α,β-unsaturated/α-hetero) is 1. The number of carboxylic acids is 1. The molecule has 1 N–H and O–H groups in total. The first-order chi connectivity index (χ1) is 11.0. The van der Waals surface area contributed by atoms with Crippen LogP contribution in [0.15, 0.2) is 24.3 Å². The molecule has 0 aromatic rings. The molecule has 0 aromatic heterocycles. The summed E-state index contributed by atoms with van der Waals surface area (Å²) in [5.74, 6) is -0.147. The van der Waals surface area contributed by atoms with E-state index < -0.39 is 5.97 Å². The van der Waals surface area contributed by atoms with Gasteiger partial charge < -0.3 is 5.11 Å². The van der Waals surface area contributed by atoms with Crippen molar-refractivity contribution in [2.45, 2.75) is 64.7 Å².